The van der Waals surface area contributed by atoms with Gasteiger partial charge in [-0.25, -0.2) is 0 Å². The minimum Gasteiger partial charge on any atom is -0.349 e. The number of hydrogen-bond acceptors (Lipinski definition) is 2. The molecule has 0 aliphatic heterocycles. The van der Waals surface area contributed by atoms with Crippen molar-refractivity contribution in [3.8, 4) is 22.4 Å². The maximum absolute atomic E-state index is 12.8. The number of thioether (sulfide) groups is 1. The molecule has 0 aliphatic rings. The van der Waals surface area contributed by atoms with Gasteiger partial charge in [0.05, 0.1) is 16.3 Å². The lowest BCUT2D eigenvalue weighted by Crippen LogP contribution is -2.04. The quantitative estimate of drug-likeness (QED) is 0.268. The zero-order valence-corrected chi connectivity index (χ0v) is 15.6. The molecule has 0 saturated heterocycles. The lowest BCUT2D eigenvalue weighted by Gasteiger charge is -2.08. The number of nitrogens with one attached hydrogen (secondary N) is 1. The molecule has 136 valence electrons. The molecule has 6 heteroatoms. The molecule has 2 aromatic carbocycles. The van der Waals surface area contributed by atoms with Crippen LogP contribution in [-0.4, -0.2) is 16.5 Å². The minimum absolute atomic E-state index is 0.641. The van der Waals surface area contributed by atoms with E-state index in [2.05, 4.69) is 23.7 Å². The molecule has 0 unspecified atom stereocenters. The molecule has 0 saturated carbocycles. The first-order valence-electron chi connectivity index (χ1n) is 8.19. The predicted octanol–water partition coefficient (Wildman–Crippen LogP) is 6.78. The van der Waals surface area contributed by atoms with E-state index in [1.807, 2.05) is 30.3 Å². The summed E-state index contributed by atoms with van der Waals surface area (Å²) in [5.41, 5.74) is 2.94. The van der Waals surface area contributed by atoms with Gasteiger partial charge in [0.1, 0.15) is 0 Å². The van der Waals surface area contributed by atoms with E-state index in [4.69, 9.17) is 0 Å². The van der Waals surface area contributed by atoms with Crippen LogP contribution >= 0.6 is 24.4 Å². The Labute approximate surface area is 160 Å². The Morgan fingerprint density at radius 2 is 1.62 bits per heavy atom. The van der Waals surface area contributed by atoms with Crippen molar-refractivity contribution in [2.24, 2.45) is 0 Å². The van der Waals surface area contributed by atoms with E-state index >= 15 is 0 Å². The molecule has 0 bridgehead atoms. The van der Waals surface area contributed by atoms with Gasteiger partial charge in [0.15, 0.2) is 0 Å². The summed E-state index contributed by atoms with van der Waals surface area (Å²) < 4.78 is 38.5. The van der Waals surface area contributed by atoms with Crippen LogP contribution in [0.2, 0.25) is 0 Å². The zero-order valence-electron chi connectivity index (χ0n) is 13.9. The molecule has 0 amide bonds. The second kappa shape index (κ2) is 8.27. The number of thiol groups is 1. The maximum atomic E-state index is 12.8. The summed E-state index contributed by atoms with van der Waals surface area (Å²) in [6.45, 7) is 0. The third-order valence-corrected chi connectivity index (χ3v) is 5.28. The number of hydrogen-bond donors (Lipinski definition) is 2. The topological polar surface area (TPSA) is 15.8 Å². The average molecular weight is 393 g/mol. The van der Waals surface area contributed by atoms with Crippen LogP contribution in [0.15, 0.2) is 65.7 Å². The van der Waals surface area contributed by atoms with Crippen LogP contribution in [-0.2, 0) is 6.18 Å². The molecule has 0 radical (unpaired) electrons. The molecule has 1 N–H and O–H groups in total. The fourth-order valence-electron chi connectivity index (χ4n) is 2.65. The van der Waals surface area contributed by atoms with Crippen molar-refractivity contribution in [2.75, 3.05) is 11.5 Å². The smallest absolute Gasteiger partial charge is 0.349 e. The summed E-state index contributed by atoms with van der Waals surface area (Å²) in [6, 6.07) is 17.2. The number of halogens is 3. The van der Waals surface area contributed by atoms with Gasteiger partial charge >= 0.3 is 6.18 Å². The predicted molar refractivity (Wildman–Crippen MR) is 106 cm³/mol. The Kier molecular flexibility index (Phi) is 6.04. The number of aromatic amines is 1. The highest BCUT2D eigenvalue weighted by atomic mass is 32.2. The molecule has 0 atom stereocenters. The number of aromatic nitrogens is 1. The Bertz CT molecular complexity index is 840. The normalized spacial score (nSPS) is 11.7. The third kappa shape index (κ3) is 4.48. The van der Waals surface area contributed by atoms with Crippen molar-refractivity contribution < 1.29 is 13.2 Å². The van der Waals surface area contributed by atoms with Crippen molar-refractivity contribution in [1.82, 2.24) is 4.98 Å². The van der Waals surface area contributed by atoms with E-state index in [1.165, 1.54) is 12.1 Å². The zero-order chi connectivity index (χ0) is 18.6. The van der Waals surface area contributed by atoms with E-state index in [0.29, 0.717) is 0 Å². The Morgan fingerprint density at radius 1 is 0.923 bits per heavy atom. The SMILES string of the molecule is FC(F)(F)c1ccc(-c2[nH]c(SCCCS)cc2-c2ccccc2)cc1. The second-order valence-electron chi connectivity index (χ2n) is 5.79. The van der Waals surface area contributed by atoms with Gasteiger partial charge in [-0.15, -0.1) is 11.8 Å². The number of rotatable bonds is 6. The molecular weight excluding hydrogens is 375 g/mol. The molecule has 1 heterocycles. The van der Waals surface area contributed by atoms with Gasteiger partial charge in [-0.2, -0.15) is 25.8 Å². The van der Waals surface area contributed by atoms with E-state index in [9.17, 15) is 13.2 Å². The molecule has 0 spiro atoms. The van der Waals surface area contributed by atoms with Crippen molar-refractivity contribution >= 4 is 24.4 Å². The van der Waals surface area contributed by atoms with Gasteiger partial charge in [0.25, 0.3) is 0 Å². The Morgan fingerprint density at radius 3 is 2.23 bits per heavy atom. The first kappa shape index (κ1) is 19.0. The lowest BCUT2D eigenvalue weighted by atomic mass is 10.0. The third-order valence-electron chi connectivity index (χ3n) is 3.94. The van der Waals surface area contributed by atoms with Gasteiger partial charge in [-0.05, 0) is 41.5 Å². The van der Waals surface area contributed by atoms with Gasteiger partial charge in [0.2, 0.25) is 0 Å². The highest BCUT2D eigenvalue weighted by Gasteiger charge is 2.30. The van der Waals surface area contributed by atoms with E-state index in [0.717, 1.165) is 57.5 Å². The summed E-state index contributed by atoms with van der Waals surface area (Å²) in [7, 11) is 0. The van der Waals surface area contributed by atoms with E-state index < -0.39 is 11.7 Å². The van der Waals surface area contributed by atoms with Gasteiger partial charge in [-0.1, -0.05) is 42.5 Å². The van der Waals surface area contributed by atoms with E-state index in [1.54, 1.807) is 11.8 Å². The number of alkyl halides is 3. The minimum atomic E-state index is -4.33. The standard InChI is InChI=1S/C20H18F3NS2/c21-20(22,23)16-9-7-15(8-10-16)19-17(14-5-2-1-3-6-14)13-18(24-19)26-12-4-11-25/h1-3,5-10,13,24-25H,4,11-12H2. The first-order chi connectivity index (χ1) is 12.5. The summed E-state index contributed by atoms with van der Waals surface area (Å²) >= 11 is 5.92. The van der Waals surface area contributed by atoms with Crippen LogP contribution in [0.4, 0.5) is 13.2 Å². The monoisotopic (exact) mass is 393 g/mol. The highest BCUT2D eigenvalue weighted by molar-refractivity contribution is 7.99. The van der Waals surface area contributed by atoms with Gasteiger partial charge in [0, 0.05) is 11.3 Å². The largest absolute Gasteiger partial charge is 0.416 e. The first-order valence-corrected chi connectivity index (χ1v) is 9.80. The fraction of sp³-hybridized carbons (Fsp3) is 0.200. The van der Waals surface area contributed by atoms with Crippen molar-refractivity contribution in [3.63, 3.8) is 0 Å². The average Bonchev–Trinajstić information content (AvgIpc) is 3.06. The van der Waals surface area contributed by atoms with Crippen LogP contribution in [0.1, 0.15) is 12.0 Å². The molecule has 3 rings (SSSR count). The molecular formula is C20H18F3NS2. The molecule has 0 aliphatic carbocycles. The van der Waals surface area contributed by atoms with Crippen LogP contribution in [0.3, 0.4) is 0 Å². The summed E-state index contributed by atoms with van der Waals surface area (Å²) in [6.07, 6.45) is -3.34. The van der Waals surface area contributed by atoms with Crippen LogP contribution < -0.4 is 0 Å². The van der Waals surface area contributed by atoms with Gasteiger partial charge < -0.3 is 4.98 Å². The van der Waals surface area contributed by atoms with Gasteiger partial charge in [-0.3, -0.25) is 0 Å². The molecule has 3 aromatic rings. The molecule has 0 fully saturated rings. The summed E-state index contributed by atoms with van der Waals surface area (Å²) in [5, 5.41) is 1.00. The van der Waals surface area contributed by atoms with Crippen molar-refractivity contribution in [2.45, 2.75) is 17.6 Å². The second-order valence-corrected chi connectivity index (χ2v) is 7.37. The fourth-order valence-corrected chi connectivity index (χ4v) is 3.91. The van der Waals surface area contributed by atoms with Crippen LogP contribution in [0, 0.1) is 0 Å². The highest BCUT2D eigenvalue weighted by Crippen LogP contribution is 2.37. The van der Waals surface area contributed by atoms with Crippen LogP contribution in [0.5, 0.6) is 0 Å². The molecule has 26 heavy (non-hydrogen) atoms. The van der Waals surface area contributed by atoms with Crippen molar-refractivity contribution in [1.29, 1.82) is 0 Å². The Balaban J connectivity index is 1.99. The number of benzene rings is 2. The van der Waals surface area contributed by atoms with Crippen LogP contribution in [0.25, 0.3) is 22.4 Å². The lowest BCUT2D eigenvalue weighted by molar-refractivity contribution is -0.137. The van der Waals surface area contributed by atoms with E-state index in [-0.39, 0.29) is 0 Å². The molecule has 1 aromatic heterocycles. The maximum Gasteiger partial charge on any atom is 0.416 e. The molecule has 1 nitrogen and oxygen atoms in total. The van der Waals surface area contributed by atoms with Crippen molar-refractivity contribution in [3.05, 3.63) is 66.2 Å². The number of H-pyrrole nitrogens is 1. The summed E-state index contributed by atoms with van der Waals surface area (Å²) in [5.74, 6) is 1.76. The Hall–Kier alpha value is -1.79. The summed E-state index contributed by atoms with van der Waals surface area (Å²) in [4.78, 5) is 3.37.